The van der Waals surface area contributed by atoms with Gasteiger partial charge in [0, 0.05) is 0 Å². The Bertz CT molecular complexity index is 462. The molecular formula is C29H59NO5. The van der Waals surface area contributed by atoms with Crippen LogP contribution >= 0.6 is 0 Å². The zero-order chi connectivity index (χ0) is 26.2. The summed E-state index contributed by atoms with van der Waals surface area (Å²) in [5.74, 6) is -0.591. The summed E-state index contributed by atoms with van der Waals surface area (Å²) >= 11 is 0. The van der Waals surface area contributed by atoms with E-state index in [0.29, 0.717) is 12.8 Å². The molecule has 1 amide bonds. The van der Waals surface area contributed by atoms with Crippen molar-refractivity contribution in [1.82, 2.24) is 5.32 Å². The normalized spacial score (nSPS) is 15.0. The Kier molecular flexibility index (Phi) is 24.5. The van der Waals surface area contributed by atoms with Gasteiger partial charge in [0.1, 0.15) is 12.2 Å². The maximum absolute atomic E-state index is 12.3. The van der Waals surface area contributed by atoms with Crippen LogP contribution in [0.2, 0.25) is 0 Å². The van der Waals surface area contributed by atoms with Crippen molar-refractivity contribution in [3.63, 3.8) is 0 Å². The van der Waals surface area contributed by atoms with Gasteiger partial charge in [0.25, 0.3) is 0 Å². The molecule has 4 unspecified atom stereocenters. The fourth-order valence-electron chi connectivity index (χ4n) is 4.58. The third-order valence-electron chi connectivity index (χ3n) is 7.07. The minimum Gasteiger partial charge on any atom is -0.394 e. The SMILES string of the molecule is CCCCCCCCCCCCCCC(O)C(O)C(CO)NC(=O)C(O)CCCCCCCCC. The third kappa shape index (κ3) is 20.1. The van der Waals surface area contributed by atoms with Crippen LogP contribution in [-0.4, -0.2) is 57.3 Å². The van der Waals surface area contributed by atoms with E-state index in [0.717, 1.165) is 38.5 Å². The molecule has 0 fully saturated rings. The predicted octanol–water partition coefficient (Wildman–Crippen LogP) is 5.78. The van der Waals surface area contributed by atoms with Gasteiger partial charge >= 0.3 is 0 Å². The Morgan fingerprint density at radius 1 is 0.600 bits per heavy atom. The quantitative estimate of drug-likeness (QED) is 0.0965. The molecule has 35 heavy (non-hydrogen) atoms. The second-order valence-corrected chi connectivity index (χ2v) is 10.5. The van der Waals surface area contributed by atoms with E-state index in [-0.39, 0.29) is 0 Å². The first-order valence-corrected chi connectivity index (χ1v) is 14.9. The average molecular weight is 502 g/mol. The first kappa shape index (κ1) is 34.3. The number of hydrogen-bond donors (Lipinski definition) is 5. The first-order chi connectivity index (χ1) is 17.0. The van der Waals surface area contributed by atoms with Gasteiger partial charge in [-0.1, -0.05) is 136 Å². The van der Waals surface area contributed by atoms with Crippen LogP contribution in [0.25, 0.3) is 0 Å². The number of unbranched alkanes of at least 4 members (excludes halogenated alkanes) is 17. The first-order valence-electron chi connectivity index (χ1n) is 14.9. The number of carbonyl (C=O) groups excluding carboxylic acids is 1. The highest BCUT2D eigenvalue weighted by molar-refractivity contribution is 5.80. The van der Waals surface area contributed by atoms with Gasteiger partial charge in [0.2, 0.25) is 5.91 Å². The van der Waals surface area contributed by atoms with Gasteiger partial charge in [0.15, 0.2) is 0 Å². The smallest absolute Gasteiger partial charge is 0.249 e. The second-order valence-electron chi connectivity index (χ2n) is 10.5. The van der Waals surface area contributed by atoms with Crippen molar-refractivity contribution in [3.8, 4) is 0 Å². The van der Waals surface area contributed by atoms with Crippen molar-refractivity contribution in [2.45, 2.75) is 173 Å². The summed E-state index contributed by atoms with van der Waals surface area (Å²) in [7, 11) is 0. The topological polar surface area (TPSA) is 110 Å². The lowest BCUT2D eigenvalue weighted by Crippen LogP contribution is -2.53. The number of hydrogen-bond acceptors (Lipinski definition) is 5. The van der Waals surface area contributed by atoms with Crippen molar-refractivity contribution in [1.29, 1.82) is 0 Å². The summed E-state index contributed by atoms with van der Waals surface area (Å²) in [6.45, 7) is 3.95. The highest BCUT2D eigenvalue weighted by atomic mass is 16.3. The molecule has 6 heteroatoms. The zero-order valence-electron chi connectivity index (χ0n) is 23.1. The highest BCUT2D eigenvalue weighted by Gasteiger charge is 2.28. The Balaban J connectivity index is 3.90. The van der Waals surface area contributed by atoms with E-state index < -0.39 is 36.9 Å². The lowest BCUT2D eigenvalue weighted by molar-refractivity contribution is -0.132. The molecule has 5 N–H and O–H groups in total. The molecule has 0 aromatic heterocycles. The molecular weight excluding hydrogens is 442 g/mol. The number of amides is 1. The molecule has 0 aliphatic rings. The van der Waals surface area contributed by atoms with E-state index in [4.69, 9.17) is 0 Å². The van der Waals surface area contributed by atoms with E-state index in [1.165, 1.54) is 83.5 Å². The summed E-state index contributed by atoms with van der Waals surface area (Å²) in [6, 6.07) is -0.974. The van der Waals surface area contributed by atoms with Gasteiger partial charge in [-0.05, 0) is 12.8 Å². The van der Waals surface area contributed by atoms with E-state index in [1.807, 2.05) is 0 Å². The van der Waals surface area contributed by atoms with Crippen LogP contribution < -0.4 is 5.32 Å². The largest absolute Gasteiger partial charge is 0.394 e. The molecule has 0 heterocycles. The highest BCUT2D eigenvalue weighted by Crippen LogP contribution is 2.15. The lowest BCUT2D eigenvalue weighted by atomic mass is 9.99. The minimum atomic E-state index is -1.25. The maximum Gasteiger partial charge on any atom is 0.249 e. The molecule has 4 atom stereocenters. The summed E-state index contributed by atoms with van der Waals surface area (Å²) in [6.07, 6.45) is 19.9. The van der Waals surface area contributed by atoms with Gasteiger partial charge < -0.3 is 25.7 Å². The molecule has 0 aliphatic heterocycles. The van der Waals surface area contributed by atoms with Crippen LogP contribution in [0.15, 0.2) is 0 Å². The Morgan fingerprint density at radius 3 is 1.37 bits per heavy atom. The van der Waals surface area contributed by atoms with Crippen molar-refractivity contribution in [2.75, 3.05) is 6.61 Å². The maximum atomic E-state index is 12.3. The molecule has 0 saturated carbocycles. The Hall–Kier alpha value is -0.690. The molecule has 0 rings (SSSR count). The second kappa shape index (κ2) is 25.0. The van der Waals surface area contributed by atoms with Crippen LogP contribution in [0, 0.1) is 0 Å². The molecule has 6 nitrogen and oxygen atoms in total. The number of aliphatic hydroxyl groups excluding tert-OH is 4. The predicted molar refractivity (Wildman–Crippen MR) is 145 cm³/mol. The van der Waals surface area contributed by atoms with Crippen molar-refractivity contribution in [3.05, 3.63) is 0 Å². The fraction of sp³-hybridized carbons (Fsp3) is 0.966. The summed E-state index contributed by atoms with van der Waals surface area (Å²) in [4.78, 5) is 12.3. The standard InChI is InChI=1S/C29H59NO5/c1-3-5-7-9-11-12-13-14-15-17-18-20-22-26(32)28(34)25(24-31)30-29(35)27(33)23-21-19-16-10-8-6-4-2/h25-28,31-34H,3-24H2,1-2H3,(H,30,35). The summed E-state index contributed by atoms with van der Waals surface area (Å²) in [5, 5.41) is 42.9. The molecule has 0 saturated heterocycles. The van der Waals surface area contributed by atoms with Crippen molar-refractivity contribution in [2.24, 2.45) is 0 Å². The number of aliphatic hydroxyl groups is 4. The van der Waals surface area contributed by atoms with Crippen LogP contribution in [0.5, 0.6) is 0 Å². The van der Waals surface area contributed by atoms with Gasteiger partial charge in [-0.3, -0.25) is 4.79 Å². The molecule has 0 aliphatic carbocycles. The van der Waals surface area contributed by atoms with Crippen molar-refractivity contribution < 1.29 is 25.2 Å². The number of rotatable bonds is 26. The van der Waals surface area contributed by atoms with Gasteiger partial charge in [-0.15, -0.1) is 0 Å². The van der Waals surface area contributed by atoms with E-state index >= 15 is 0 Å². The third-order valence-corrected chi connectivity index (χ3v) is 7.07. The van der Waals surface area contributed by atoms with Crippen LogP contribution in [0.4, 0.5) is 0 Å². The zero-order valence-corrected chi connectivity index (χ0v) is 23.1. The van der Waals surface area contributed by atoms with Crippen LogP contribution in [-0.2, 0) is 4.79 Å². The molecule has 0 bridgehead atoms. The average Bonchev–Trinajstić information content (AvgIpc) is 2.86. The molecule has 0 aromatic rings. The van der Waals surface area contributed by atoms with Crippen LogP contribution in [0.1, 0.15) is 149 Å². The molecule has 0 aromatic carbocycles. The van der Waals surface area contributed by atoms with E-state index in [2.05, 4.69) is 19.2 Å². The molecule has 0 spiro atoms. The van der Waals surface area contributed by atoms with E-state index in [9.17, 15) is 25.2 Å². The van der Waals surface area contributed by atoms with Gasteiger partial charge in [-0.25, -0.2) is 0 Å². The van der Waals surface area contributed by atoms with Gasteiger partial charge in [0.05, 0.1) is 18.8 Å². The minimum absolute atomic E-state index is 0.370. The molecule has 0 radical (unpaired) electrons. The number of nitrogens with one attached hydrogen (secondary N) is 1. The van der Waals surface area contributed by atoms with Crippen molar-refractivity contribution >= 4 is 5.91 Å². The monoisotopic (exact) mass is 501 g/mol. The van der Waals surface area contributed by atoms with Crippen LogP contribution in [0.3, 0.4) is 0 Å². The summed E-state index contributed by atoms with van der Waals surface area (Å²) < 4.78 is 0. The summed E-state index contributed by atoms with van der Waals surface area (Å²) in [5.41, 5.74) is 0. The Morgan fingerprint density at radius 2 is 0.971 bits per heavy atom. The lowest BCUT2D eigenvalue weighted by Gasteiger charge is -2.27. The van der Waals surface area contributed by atoms with E-state index in [1.54, 1.807) is 0 Å². The number of carbonyl (C=O) groups is 1. The molecule has 210 valence electrons. The fourth-order valence-corrected chi connectivity index (χ4v) is 4.58. The van der Waals surface area contributed by atoms with Gasteiger partial charge in [-0.2, -0.15) is 0 Å². The Labute approximate surface area is 216 Å².